The minimum atomic E-state index is -0.556. The van der Waals surface area contributed by atoms with E-state index in [2.05, 4.69) is 39.6 Å². The number of amides is 1. The number of esters is 1. The second-order valence-electron chi connectivity index (χ2n) is 8.21. The van der Waals surface area contributed by atoms with Crippen molar-refractivity contribution in [2.24, 2.45) is 5.10 Å². The Morgan fingerprint density at radius 1 is 1.03 bits per heavy atom. The summed E-state index contributed by atoms with van der Waals surface area (Å²) < 4.78 is 5.12. The molecular formula is C25H30N4O3. The van der Waals surface area contributed by atoms with Gasteiger partial charge in [-0.3, -0.25) is 14.7 Å². The second kappa shape index (κ2) is 10.4. The summed E-state index contributed by atoms with van der Waals surface area (Å²) in [6.45, 7) is 4.86. The van der Waals surface area contributed by atoms with Gasteiger partial charge in [-0.05, 0) is 37.5 Å². The van der Waals surface area contributed by atoms with Crippen LogP contribution in [0.15, 0.2) is 65.8 Å². The number of hydrazone groups is 1. The van der Waals surface area contributed by atoms with E-state index < -0.39 is 12.0 Å². The third kappa shape index (κ3) is 5.34. The van der Waals surface area contributed by atoms with Crippen molar-refractivity contribution in [3.63, 3.8) is 0 Å². The molecule has 7 nitrogen and oxygen atoms in total. The molecular weight excluding hydrogens is 404 g/mol. The maximum Gasteiger partial charge on any atom is 0.354 e. The normalized spacial score (nSPS) is 19.5. The second-order valence-corrected chi connectivity index (χ2v) is 8.21. The molecule has 4 rings (SSSR count). The first-order valence-electron chi connectivity index (χ1n) is 11.3. The number of piperidine rings is 1. The molecule has 1 N–H and O–H groups in total. The summed E-state index contributed by atoms with van der Waals surface area (Å²) in [5.41, 5.74) is 2.38. The average Bonchev–Trinajstić information content (AvgIpc) is 3.28. The number of likely N-dealkylation sites (tertiary alicyclic amines) is 1. The molecule has 0 spiro atoms. The molecule has 2 aliphatic rings. The number of hydrogen-bond acceptors (Lipinski definition) is 6. The van der Waals surface area contributed by atoms with Crippen LogP contribution in [0.5, 0.6) is 0 Å². The van der Waals surface area contributed by atoms with Crippen LogP contribution in [0.25, 0.3) is 0 Å². The van der Waals surface area contributed by atoms with Gasteiger partial charge in [0.15, 0.2) is 0 Å². The molecule has 2 heterocycles. The van der Waals surface area contributed by atoms with Gasteiger partial charge in [0.05, 0.1) is 12.3 Å². The van der Waals surface area contributed by atoms with E-state index in [4.69, 9.17) is 4.74 Å². The fraction of sp³-hybridized carbons (Fsp3) is 0.400. The van der Waals surface area contributed by atoms with Crippen LogP contribution in [-0.2, 0) is 20.9 Å². The molecule has 1 atom stereocenters. The van der Waals surface area contributed by atoms with Gasteiger partial charge in [-0.1, -0.05) is 48.5 Å². The van der Waals surface area contributed by atoms with Gasteiger partial charge >= 0.3 is 5.97 Å². The van der Waals surface area contributed by atoms with Gasteiger partial charge in [-0.2, -0.15) is 5.10 Å². The molecule has 0 bridgehead atoms. The fourth-order valence-corrected chi connectivity index (χ4v) is 4.25. The first-order chi connectivity index (χ1) is 15.6. The molecule has 0 aromatic heterocycles. The van der Waals surface area contributed by atoms with E-state index in [1.807, 2.05) is 36.4 Å². The fourth-order valence-electron chi connectivity index (χ4n) is 4.25. The number of nitrogens with one attached hydrogen (secondary N) is 1. The van der Waals surface area contributed by atoms with Crippen molar-refractivity contribution in [3.8, 4) is 0 Å². The number of benzene rings is 2. The predicted octanol–water partition coefficient (Wildman–Crippen LogP) is 2.97. The van der Waals surface area contributed by atoms with Crippen molar-refractivity contribution in [1.82, 2.24) is 10.2 Å². The summed E-state index contributed by atoms with van der Waals surface area (Å²) in [6, 6.07) is 19.5. The van der Waals surface area contributed by atoms with E-state index in [-0.39, 0.29) is 30.7 Å². The van der Waals surface area contributed by atoms with Gasteiger partial charge in [0, 0.05) is 32.1 Å². The standard InChI is InChI=1S/C25H30N4O3/c1-2-32-25(31)22-17-23(29(27-22)21-11-7-4-8-12-21)24(30)26-20-13-15-28(16-14-20)18-19-9-5-3-6-10-19/h3-12,20,23H,2,13-18H2,1H3,(H,26,30). The number of ether oxygens (including phenoxy) is 1. The quantitative estimate of drug-likeness (QED) is 0.679. The van der Waals surface area contributed by atoms with E-state index >= 15 is 0 Å². The van der Waals surface area contributed by atoms with E-state index in [1.54, 1.807) is 11.9 Å². The lowest BCUT2D eigenvalue weighted by molar-refractivity contribution is -0.135. The number of nitrogens with zero attached hydrogens (tertiary/aromatic N) is 3. The minimum Gasteiger partial charge on any atom is -0.461 e. The van der Waals surface area contributed by atoms with Crippen LogP contribution in [0, 0.1) is 0 Å². The number of rotatable bonds is 7. The lowest BCUT2D eigenvalue weighted by atomic mass is 10.0. The molecule has 2 aromatic carbocycles. The van der Waals surface area contributed by atoms with Crippen LogP contribution in [0.2, 0.25) is 0 Å². The third-order valence-corrected chi connectivity index (χ3v) is 5.93. The number of carbonyl (C=O) groups is 2. The molecule has 1 amide bonds. The zero-order chi connectivity index (χ0) is 22.3. The highest BCUT2D eigenvalue weighted by atomic mass is 16.5. The summed E-state index contributed by atoms with van der Waals surface area (Å²) in [5, 5.41) is 9.29. The van der Waals surface area contributed by atoms with Crippen molar-refractivity contribution >= 4 is 23.3 Å². The number of para-hydroxylation sites is 1. The maximum atomic E-state index is 13.2. The van der Waals surface area contributed by atoms with Gasteiger partial charge < -0.3 is 10.1 Å². The number of carbonyl (C=O) groups excluding carboxylic acids is 2. The van der Waals surface area contributed by atoms with Crippen molar-refractivity contribution in [1.29, 1.82) is 0 Å². The van der Waals surface area contributed by atoms with Crippen molar-refractivity contribution in [3.05, 3.63) is 66.2 Å². The van der Waals surface area contributed by atoms with Crippen molar-refractivity contribution in [2.75, 3.05) is 24.7 Å². The molecule has 168 valence electrons. The summed E-state index contributed by atoms with van der Waals surface area (Å²) in [7, 11) is 0. The maximum absolute atomic E-state index is 13.2. The van der Waals surface area contributed by atoms with Crippen molar-refractivity contribution in [2.45, 2.75) is 44.8 Å². The van der Waals surface area contributed by atoms with Crippen molar-refractivity contribution < 1.29 is 14.3 Å². The Labute approximate surface area is 189 Å². The first kappa shape index (κ1) is 22.0. The average molecular weight is 435 g/mol. The minimum absolute atomic E-state index is 0.0987. The van der Waals surface area contributed by atoms with Crippen LogP contribution in [-0.4, -0.2) is 54.3 Å². The third-order valence-electron chi connectivity index (χ3n) is 5.93. The molecule has 32 heavy (non-hydrogen) atoms. The lowest BCUT2D eigenvalue weighted by Crippen LogP contribution is -2.50. The smallest absolute Gasteiger partial charge is 0.354 e. The summed E-state index contributed by atoms with van der Waals surface area (Å²) in [4.78, 5) is 27.9. The summed E-state index contributed by atoms with van der Waals surface area (Å²) >= 11 is 0. The van der Waals surface area contributed by atoms with Crippen LogP contribution in [0.3, 0.4) is 0 Å². The van der Waals surface area contributed by atoms with E-state index in [9.17, 15) is 9.59 Å². The van der Waals surface area contributed by atoms with Crippen LogP contribution < -0.4 is 10.3 Å². The largest absolute Gasteiger partial charge is 0.461 e. The topological polar surface area (TPSA) is 74.2 Å². The molecule has 1 unspecified atom stereocenters. The molecule has 7 heteroatoms. The Hall–Kier alpha value is -3.19. The van der Waals surface area contributed by atoms with Gasteiger partial charge in [0.25, 0.3) is 0 Å². The highest BCUT2D eigenvalue weighted by Crippen LogP contribution is 2.25. The van der Waals surface area contributed by atoms with Gasteiger partial charge in [0.2, 0.25) is 5.91 Å². The lowest BCUT2D eigenvalue weighted by Gasteiger charge is -2.33. The van der Waals surface area contributed by atoms with Crippen LogP contribution >= 0.6 is 0 Å². The Bertz CT molecular complexity index is 940. The number of anilines is 1. The molecule has 2 aliphatic heterocycles. The summed E-state index contributed by atoms with van der Waals surface area (Å²) in [5.74, 6) is -0.559. The molecule has 0 radical (unpaired) electrons. The molecule has 2 aromatic rings. The van der Waals surface area contributed by atoms with Gasteiger partial charge in [-0.15, -0.1) is 0 Å². The molecule has 0 aliphatic carbocycles. The van der Waals surface area contributed by atoms with Crippen LogP contribution in [0.4, 0.5) is 5.69 Å². The Balaban J connectivity index is 1.36. The van der Waals surface area contributed by atoms with Crippen LogP contribution in [0.1, 0.15) is 31.7 Å². The van der Waals surface area contributed by atoms with E-state index in [1.165, 1.54) is 5.56 Å². The predicted molar refractivity (Wildman–Crippen MR) is 124 cm³/mol. The van der Waals surface area contributed by atoms with E-state index in [0.29, 0.717) is 0 Å². The highest BCUT2D eigenvalue weighted by molar-refractivity contribution is 6.38. The Morgan fingerprint density at radius 3 is 2.34 bits per heavy atom. The van der Waals surface area contributed by atoms with E-state index in [0.717, 1.165) is 38.2 Å². The van der Waals surface area contributed by atoms with Gasteiger partial charge in [0.1, 0.15) is 11.8 Å². The zero-order valence-electron chi connectivity index (χ0n) is 18.4. The Kier molecular flexibility index (Phi) is 7.17. The number of hydrogen-bond donors (Lipinski definition) is 1. The zero-order valence-corrected chi connectivity index (χ0v) is 18.4. The molecule has 0 saturated carbocycles. The van der Waals surface area contributed by atoms with Gasteiger partial charge in [-0.25, -0.2) is 4.79 Å². The molecule has 1 saturated heterocycles. The first-order valence-corrected chi connectivity index (χ1v) is 11.3. The summed E-state index contributed by atoms with van der Waals surface area (Å²) in [6.07, 6.45) is 2.05. The monoisotopic (exact) mass is 434 g/mol. The SMILES string of the molecule is CCOC(=O)C1=NN(c2ccccc2)C(C(=O)NC2CCN(Cc3ccccc3)CC2)C1. The molecule has 1 fully saturated rings. The highest BCUT2D eigenvalue weighted by Gasteiger charge is 2.37. The Morgan fingerprint density at radius 2 is 1.69 bits per heavy atom.